The summed E-state index contributed by atoms with van der Waals surface area (Å²) in [5.41, 5.74) is -0.170. The second-order valence-electron chi connectivity index (χ2n) is 9.01. The van der Waals surface area contributed by atoms with Gasteiger partial charge < -0.3 is 20.4 Å². The monoisotopic (exact) mass is 602 g/mol. The van der Waals surface area contributed by atoms with Crippen molar-refractivity contribution < 1.29 is 35.9 Å². The van der Waals surface area contributed by atoms with E-state index in [1.807, 2.05) is 0 Å². The maximum absolute atomic E-state index is 13.8. The van der Waals surface area contributed by atoms with Crippen LogP contribution in [0.15, 0.2) is 48.8 Å². The SMILES string of the molecule is CCC(CC)(c1cccc(Nc2ncc(C(F)(F)F)c(NCc3cccnc3N(C)S(C)(=O)=O)n2)c1)P(=O)(O)O. The molecule has 0 saturated heterocycles. The van der Waals surface area contributed by atoms with Crippen LogP contribution in [-0.4, -0.2) is 46.5 Å². The molecule has 40 heavy (non-hydrogen) atoms. The van der Waals surface area contributed by atoms with Crippen LogP contribution >= 0.6 is 7.60 Å². The third-order valence-corrected chi connectivity index (χ3v) is 9.76. The molecule has 0 aliphatic carbocycles. The molecule has 3 rings (SSSR count). The van der Waals surface area contributed by atoms with Crippen LogP contribution in [0.3, 0.4) is 0 Å². The van der Waals surface area contributed by atoms with E-state index < -0.39 is 40.3 Å². The first-order valence-corrected chi connectivity index (χ1v) is 15.5. The van der Waals surface area contributed by atoms with Crippen LogP contribution in [0.25, 0.3) is 0 Å². The number of sulfonamides is 1. The molecule has 218 valence electrons. The van der Waals surface area contributed by atoms with Crippen LogP contribution in [0.5, 0.6) is 0 Å². The number of hydrogen-bond donors (Lipinski definition) is 4. The topological polar surface area (TPSA) is 158 Å². The number of nitrogens with zero attached hydrogens (tertiary/aromatic N) is 4. The highest BCUT2D eigenvalue weighted by Gasteiger charge is 2.45. The van der Waals surface area contributed by atoms with Crippen LogP contribution in [0.4, 0.5) is 36.4 Å². The average molecular weight is 603 g/mol. The molecule has 0 aliphatic rings. The van der Waals surface area contributed by atoms with Gasteiger partial charge in [-0.15, -0.1) is 0 Å². The number of anilines is 4. The lowest BCUT2D eigenvalue weighted by molar-refractivity contribution is -0.137. The summed E-state index contributed by atoms with van der Waals surface area (Å²) in [7, 11) is -6.97. The number of aromatic nitrogens is 3. The zero-order valence-electron chi connectivity index (χ0n) is 22.1. The van der Waals surface area contributed by atoms with Crippen LogP contribution < -0.4 is 14.9 Å². The lowest BCUT2D eigenvalue weighted by atomic mass is 9.92. The van der Waals surface area contributed by atoms with Crippen molar-refractivity contribution in [1.29, 1.82) is 0 Å². The fourth-order valence-corrected chi connectivity index (χ4v) is 6.00. The minimum atomic E-state index is -4.80. The Kier molecular flexibility index (Phi) is 9.14. The molecule has 2 heterocycles. The molecule has 0 atom stereocenters. The molecule has 0 unspecified atom stereocenters. The second-order valence-corrected chi connectivity index (χ2v) is 13.0. The second kappa shape index (κ2) is 11.7. The Bertz CT molecular complexity index is 1510. The van der Waals surface area contributed by atoms with Gasteiger partial charge in [0, 0.05) is 37.2 Å². The summed E-state index contributed by atoms with van der Waals surface area (Å²) in [5, 5.41) is 3.98. The Balaban J connectivity index is 1.97. The zero-order valence-corrected chi connectivity index (χ0v) is 23.8. The van der Waals surface area contributed by atoms with E-state index in [1.165, 1.54) is 31.4 Å². The molecule has 0 fully saturated rings. The van der Waals surface area contributed by atoms with E-state index in [2.05, 4.69) is 25.6 Å². The first-order chi connectivity index (χ1) is 18.5. The normalized spacial score (nSPS) is 12.7. The summed E-state index contributed by atoms with van der Waals surface area (Å²) in [5.74, 6) is -0.734. The van der Waals surface area contributed by atoms with Gasteiger partial charge in [0.05, 0.1) is 11.4 Å². The molecule has 4 N–H and O–H groups in total. The van der Waals surface area contributed by atoms with Gasteiger partial charge in [-0.05, 0) is 36.6 Å². The van der Waals surface area contributed by atoms with E-state index in [-0.39, 0.29) is 31.2 Å². The molecule has 16 heteroatoms. The molecular formula is C24H30F3N6O5PS. The van der Waals surface area contributed by atoms with Crippen LogP contribution in [-0.2, 0) is 32.5 Å². The standard InChI is InChI=1S/C24H30F3N6O5PS/c1-5-23(6-2,39(34,35)36)17-10-7-11-18(13-17)31-22-30-15-19(24(25,26)27)20(32-22)29-14-16-9-8-12-28-21(16)33(3)40(4,37)38/h7-13,15H,5-6,14H2,1-4H3,(H2,34,35,36)(H2,29,30,31,32). The van der Waals surface area contributed by atoms with Crippen molar-refractivity contribution in [2.75, 3.05) is 28.2 Å². The Morgan fingerprint density at radius 3 is 2.33 bits per heavy atom. The summed E-state index contributed by atoms with van der Waals surface area (Å²) in [6.07, 6.45) is -1.54. The van der Waals surface area contributed by atoms with Gasteiger partial charge in [-0.3, -0.25) is 8.87 Å². The van der Waals surface area contributed by atoms with Crippen molar-refractivity contribution in [1.82, 2.24) is 15.0 Å². The van der Waals surface area contributed by atoms with Crippen LogP contribution in [0.1, 0.15) is 43.4 Å². The van der Waals surface area contributed by atoms with Gasteiger partial charge in [-0.2, -0.15) is 18.2 Å². The fourth-order valence-electron chi connectivity index (χ4n) is 4.23. The van der Waals surface area contributed by atoms with Crippen molar-refractivity contribution >= 4 is 40.9 Å². The van der Waals surface area contributed by atoms with Crippen LogP contribution in [0.2, 0.25) is 0 Å². The minimum absolute atomic E-state index is 0.0377. The summed E-state index contributed by atoms with van der Waals surface area (Å²) < 4.78 is 78.5. The number of halogens is 3. The van der Waals surface area contributed by atoms with E-state index in [9.17, 15) is 35.9 Å². The lowest BCUT2D eigenvalue weighted by Gasteiger charge is -2.33. The van der Waals surface area contributed by atoms with Gasteiger partial charge in [0.1, 0.15) is 17.2 Å². The van der Waals surface area contributed by atoms with Gasteiger partial charge in [0.2, 0.25) is 16.0 Å². The van der Waals surface area contributed by atoms with Crippen molar-refractivity contribution in [3.05, 3.63) is 65.5 Å². The molecule has 0 saturated carbocycles. The predicted molar refractivity (Wildman–Crippen MR) is 146 cm³/mol. The van der Waals surface area contributed by atoms with Crippen LogP contribution in [0, 0.1) is 0 Å². The molecule has 0 radical (unpaired) electrons. The number of pyridine rings is 1. The minimum Gasteiger partial charge on any atom is -0.365 e. The largest absolute Gasteiger partial charge is 0.421 e. The number of benzene rings is 1. The van der Waals surface area contributed by atoms with Gasteiger partial charge in [0.15, 0.2) is 0 Å². The molecular weight excluding hydrogens is 572 g/mol. The van der Waals surface area contributed by atoms with E-state index in [4.69, 9.17) is 0 Å². The van der Waals surface area contributed by atoms with Gasteiger partial charge in [-0.25, -0.2) is 18.4 Å². The summed E-state index contributed by atoms with van der Waals surface area (Å²) in [6.45, 7) is 3.10. The summed E-state index contributed by atoms with van der Waals surface area (Å²) in [4.78, 5) is 32.0. The summed E-state index contributed by atoms with van der Waals surface area (Å²) >= 11 is 0. The van der Waals surface area contributed by atoms with E-state index in [0.717, 1.165) is 10.6 Å². The molecule has 1 aromatic carbocycles. The highest BCUT2D eigenvalue weighted by molar-refractivity contribution is 7.92. The third-order valence-electron chi connectivity index (χ3n) is 6.59. The Hall–Kier alpha value is -3.26. The number of hydrogen-bond acceptors (Lipinski definition) is 8. The van der Waals surface area contributed by atoms with Gasteiger partial charge >= 0.3 is 13.8 Å². The first-order valence-electron chi connectivity index (χ1n) is 12.0. The summed E-state index contributed by atoms with van der Waals surface area (Å²) in [6, 6.07) is 9.26. The molecule has 0 aliphatic heterocycles. The highest BCUT2D eigenvalue weighted by Crippen LogP contribution is 2.61. The smallest absolute Gasteiger partial charge is 0.365 e. The molecule has 3 aromatic rings. The maximum Gasteiger partial charge on any atom is 0.421 e. The highest BCUT2D eigenvalue weighted by atomic mass is 32.2. The van der Waals surface area contributed by atoms with Crippen molar-refractivity contribution in [2.45, 2.75) is 44.6 Å². The third kappa shape index (κ3) is 6.72. The fraction of sp³-hybridized carbons (Fsp3) is 0.375. The van der Waals surface area contributed by atoms with E-state index in [1.54, 1.807) is 32.0 Å². The van der Waals surface area contributed by atoms with Gasteiger partial charge in [0.25, 0.3) is 0 Å². The Morgan fingerprint density at radius 1 is 1.07 bits per heavy atom. The van der Waals surface area contributed by atoms with Gasteiger partial charge in [-0.1, -0.05) is 32.0 Å². The van der Waals surface area contributed by atoms with Crippen molar-refractivity contribution in [3.8, 4) is 0 Å². The van der Waals surface area contributed by atoms with Crippen molar-refractivity contribution in [3.63, 3.8) is 0 Å². The molecule has 0 spiro atoms. The first kappa shape index (κ1) is 31.3. The Morgan fingerprint density at radius 2 is 1.75 bits per heavy atom. The maximum atomic E-state index is 13.8. The van der Waals surface area contributed by atoms with E-state index in [0.29, 0.717) is 23.0 Å². The number of nitrogens with one attached hydrogen (secondary N) is 2. The van der Waals surface area contributed by atoms with E-state index >= 15 is 0 Å². The molecule has 0 amide bonds. The lowest BCUT2D eigenvalue weighted by Crippen LogP contribution is -2.27. The molecule has 0 bridgehead atoms. The predicted octanol–water partition coefficient (Wildman–Crippen LogP) is 4.83. The van der Waals surface area contributed by atoms with Crippen molar-refractivity contribution in [2.24, 2.45) is 0 Å². The zero-order chi connectivity index (χ0) is 29.9. The molecule has 2 aromatic heterocycles. The average Bonchev–Trinajstić information content (AvgIpc) is 2.86. The molecule has 11 nitrogen and oxygen atoms in total. The quantitative estimate of drug-likeness (QED) is 0.224. The number of rotatable bonds is 11. The number of alkyl halides is 3. The Labute approximate surface area is 230 Å².